The number of hydrogen-bond acceptors (Lipinski definition) is 4. The van der Waals surface area contributed by atoms with Crippen molar-refractivity contribution in [2.45, 2.75) is 15.8 Å². The van der Waals surface area contributed by atoms with Gasteiger partial charge in [0.25, 0.3) is 10.0 Å². The van der Waals surface area contributed by atoms with E-state index >= 15 is 0 Å². The molecule has 1 aromatic heterocycles. The minimum Gasteiger partial charge on any atom is -0.222 e. The van der Waals surface area contributed by atoms with Crippen LogP contribution in [0.3, 0.4) is 0 Å². The fourth-order valence-corrected chi connectivity index (χ4v) is 5.60. The molecule has 0 spiro atoms. The number of fused-ring (bicyclic) bond motifs is 1. The molecule has 0 aliphatic heterocycles. The second-order valence-corrected chi connectivity index (χ2v) is 9.15. The second-order valence-electron chi connectivity index (χ2n) is 5.99. The lowest BCUT2D eigenvalue weighted by Gasteiger charge is -2.10. The van der Waals surface area contributed by atoms with Crippen LogP contribution in [-0.2, 0) is 15.8 Å². The summed E-state index contributed by atoms with van der Waals surface area (Å²) in [7, 11) is -3.90. The van der Waals surface area contributed by atoms with Gasteiger partial charge < -0.3 is 0 Å². The lowest BCUT2D eigenvalue weighted by molar-refractivity contribution is 0.584. The van der Waals surface area contributed by atoms with Gasteiger partial charge in [0.15, 0.2) is 5.16 Å². The smallest absolute Gasteiger partial charge is 0.222 e. The maximum absolute atomic E-state index is 14.0. The van der Waals surface area contributed by atoms with E-state index in [0.717, 1.165) is 0 Å². The van der Waals surface area contributed by atoms with Crippen LogP contribution < -0.4 is 0 Å². The van der Waals surface area contributed by atoms with Crippen LogP contribution in [0.15, 0.2) is 82.8 Å². The van der Waals surface area contributed by atoms with Crippen molar-refractivity contribution in [3.8, 4) is 0 Å². The third kappa shape index (κ3) is 3.53. The lowest BCUT2D eigenvalue weighted by Crippen LogP contribution is -2.14. The summed E-state index contributed by atoms with van der Waals surface area (Å²) in [5.41, 5.74) is 1.50. The molecular formula is C20H14ClFN2O2S2. The van der Waals surface area contributed by atoms with Crippen LogP contribution in [0.2, 0.25) is 5.02 Å². The molecule has 28 heavy (non-hydrogen) atoms. The SMILES string of the molecule is O=S(=O)(c1ccc(Cl)cc1)n1c(SCc2ccccc2F)nc2ccccc21. The summed E-state index contributed by atoms with van der Waals surface area (Å²) in [4.78, 5) is 4.57. The minimum atomic E-state index is -3.90. The standard InChI is InChI=1S/C20H14ClFN2O2S2/c21-15-9-11-16(12-10-15)28(25,26)24-19-8-4-3-7-18(19)23-20(24)27-13-14-5-1-2-6-17(14)22/h1-12H,13H2. The van der Waals surface area contributed by atoms with Gasteiger partial charge in [-0.15, -0.1) is 0 Å². The molecule has 0 amide bonds. The van der Waals surface area contributed by atoms with Crippen LogP contribution in [0.1, 0.15) is 5.56 Å². The van der Waals surface area contributed by atoms with Gasteiger partial charge in [0.05, 0.1) is 15.9 Å². The normalized spacial score (nSPS) is 11.8. The van der Waals surface area contributed by atoms with Crippen molar-refractivity contribution < 1.29 is 12.8 Å². The summed E-state index contributed by atoms with van der Waals surface area (Å²) < 4.78 is 41.8. The molecule has 0 saturated carbocycles. The topological polar surface area (TPSA) is 52.0 Å². The molecule has 1 heterocycles. The Labute approximate surface area is 171 Å². The van der Waals surface area contributed by atoms with E-state index in [1.807, 2.05) is 0 Å². The average Bonchev–Trinajstić information content (AvgIpc) is 3.07. The van der Waals surface area contributed by atoms with E-state index in [1.54, 1.807) is 42.5 Å². The predicted molar refractivity (Wildman–Crippen MR) is 110 cm³/mol. The summed E-state index contributed by atoms with van der Waals surface area (Å²) in [6, 6.07) is 19.4. The Morgan fingerprint density at radius 3 is 2.39 bits per heavy atom. The molecule has 3 aromatic carbocycles. The average molecular weight is 433 g/mol. The maximum atomic E-state index is 14.0. The van der Waals surface area contributed by atoms with Gasteiger partial charge in [0.2, 0.25) is 0 Å². The molecule has 0 saturated heterocycles. The minimum absolute atomic E-state index is 0.104. The first-order valence-corrected chi connectivity index (χ1v) is 11.1. The molecule has 0 radical (unpaired) electrons. The molecule has 4 aromatic rings. The highest BCUT2D eigenvalue weighted by atomic mass is 35.5. The van der Waals surface area contributed by atoms with E-state index in [9.17, 15) is 12.8 Å². The van der Waals surface area contributed by atoms with Crippen LogP contribution in [0.25, 0.3) is 11.0 Å². The molecule has 8 heteroatoms. The highest BCUT2D eigenvalue weighted by Gasteiger charge is 2.24. The van der Waals surface area contributed by atoms with Gasteiger partial charge in [-0.05, 0) is 48.0 Å². The van der Waals surface area contributed by atoms with Gasteiger partial charge in [-0.25, -0.2) is 21.8 Å². The number of imidazole rings is 1. The van der Waals surface area contributed by atoms with Crippen molar-refractivity contribution in [2.24, 2.45) is 0 Å². The van der Waals surface area contributed by atoms with Crippen molar-refractivity contribution in [3.05, 3.63) is 89.2 Å². The second kappa shape index (κ2) is 7.58. The molecule has 4 nitrogen and oxygen atoms in total. The highest BCUT2D eigenvalue weighted by Crippen LogP contribution is 2.31. The zero-order valence-corrected chi connectivity index (χ0v) is 16.8. The van der Waals surface area contributed by atoms with Crippen molar-refractivity contribution in [1.82, 2.24) is 8.96 Å². The van der Waals surface area contributed by atoms with Gasteiger partial charge in [-0.2, -0.15) is 0 Å². The van der Waals surface area contributed by atoms with Gasteiger partial charge in [-0.3, -0.25) is 0 Å². The highest BCUT2D eigenvalue weighted by molar-refractivity contribution is 7.99. The van der Waals surface area contributed by atoms with E-state index < -0.39 is 10.0 Å². The fourth-order valence-electron chi connectivity index (χ4n) is 2.77. The van der Waals surface area contributed by atoms with Crippen molar-refractivity contribution in [2.75, 3.05) is 0 Å². The molecule has 142 valence electrons. The molecule has 0 N–H and O–H groups in total. The number of halogens is 2. The molecule has 0 bridgehead atoms. The zero-order chi connectivity index (χ0) is 19.7. The number of benzene rings is 3. The number of para-hydroxylation sites is 2. The summed E-state index contributed by atoms with van der Waals surface area (Å²) in [5.74, 6) is -0.0789. The van der Waals surface area contributed by atoms with E-state index in [4.69, 9.17) is 11.6 Å². The summed E-state index contributed by atoms with van der Waals surface area (Å²) in [6.45, 7) is 0. The zero-order valence-electron chi connectivity index (χ0n) is 14.4. The molecule has 0 aliphatic carbocycles. The number of hydrogen-bond donors (Lipinski definition) is 0. The summed E-state index contributed by atoms with van der Waals surface area (Å²) in [6.07, 6.45) is 0. The maximum Gasteiger partial charge on any atom is 0.270 e. The number of rotatable bonds is 5. The van der Waals surface area contributed by atoms with Crippen LogP contribution in [0.5, 0.6) is 0 Å². The van der Waals surface area contributed by atoms with Gasteiger partial charge in [0, 0.05) is 10.8 Å². The molecule has 0 fully saturated rings. The van der Waals surface area contributed by atoms with Crippen LogP contribution in [-0.4, -0.2) is 17.4 Å². The molecule has 0 unspecified atom stereocenters. The summed E-state index contributed by atoms with van der Waals surface area (Å²) in [5, 5.41) is 0.725. The number of thioether (sulfide) groups is 1. The van der Waals surface area contributed by atoms with Crippen LogP contribution in [0, 0.1) is 5.82 Å². The predicted octanol–water partition coefficient (Wildman–Crippen LogP) is 5.36. The first kappa shape index (κ1) is 19.0. The van der Waals surface area contributed by atoms with Gasteiger partial charge in [0.1, 0.15) is 5.82 Å². The van der Waals surface area contributed by atoms with Gasteiger partial charge in [-0.1, -0.05) is 53.7 Å². The van der Waals surface area contributed by atoms with Crippen molar-refractivity contribution in [1.29, 1.82) is 0 Å². The van der Waals surface area contributed by atoms with Crippen molar-refractivity contribution >= 4 is 44.4 Å². The number of aromatic nitrogens is 2. The van der Waals surface area contributed by atoms with E-state index in [1.165, 1.54) is 46.1 Å². The quantitative estimate of drug-likeness (QED) is 0.398. The monoisotopic (exact) mass is 432 g/mol. The third-order valence-corrected chi connectivity index (χ3v) is 7.23. The van der Waals surface area contributed by atoms with Crippen LogP contribution >= 0.6 is 23.4 Å². The Hall–Kier alpha value is -2.35. The first-order valence-electron chi connectivity index (χ1n) is 8.31. The lowest BCUT2D eigenvalue weighted by atomic mass is 10.2. The Balaban J connectivity index is 1.81. The molecular weight excluding hydrogens is 419 g/mol. The van der Waals surface area contributed by atoms with E-state index in [-0.39, 0.29) is 21.6 Å². The Morgan fingerprint density at radius 1 is 0.964 bits per heavy atom. The Kier molecular flexibility index (Phi) is 5.14. The third-order valence-electron chi connectivity index (χ3n) is 4.16. The first-order chi connectivity index (χ1) is 13.5. The molecule has 4 rings (SSSR count). The van der Waals surface area contributed by atoms with E-state index in [2.05, 4.69) is 4.98 Å². The molecule has 0 atom stereocenters. The van der Waals surface area contributed by atoms with Crippen molar-refractivity contribution in [3.63, 3.8) is 0 Å². The Morgan fingerprint density at radius 2 is 1.64 bits per heavy atom. The molecule has 0 aliphatic rings. The van der Waals surface area contributed by atoms with Gasteiger partial charge >= 0.3 is 0 Å². The Bertz CT molecular complexity index is 1250. The number of nitrogens with zero attached hydrogens (tertiary/aromatic N) is 2. The van der Waals surface area contributed by atoms with Crippen LogP contribution in [0.4, 0.5) is 4.39 Å². The largest absolute Gasteiger partial charge is 0.270 e. The fraction of sp³-hybridized carbons (Fsp3) is 0.0500. The summed E-state index contributed by atoms with van der Waals surface area (Å²) >= 11 is 7.06. The van der Waals surface area contributed by atoms with E-state index in [0.29, 0.717) is 21.6 Å².